The number of hydrogen-bond acceptors (Lipinski definition) is 4. The fourth-order valence-corrected chi connectivity index (χ4v) is 2.53. The van der Waals surface area contributed by atoms with Gasteiger partial charge in [0.25, 0.3) is 0 Å². The number of ether oxygens (including phenoxy) is 1. The summed E-state index contributed by atoms with van der Waals surface area (Å²) in [5, 5.41) is 4.31. The molecule has 2 rings (SSSR count). The molecule has 17 heavy (non-hydrogen) atoms. The smallest absolute Gasteiger partial charge is 0.155 e. The number of aromatic nitrogens is 2. The normalized spacial score (nSPS) is 25.1. The summed E-state index contributed by atoms with van der Waals surface area (Å²) in [6.45, 7) is 7.55. The fraction of sp³-hybridized carbons (Fsp3) is 0.667. The third-order valence-electron chi connectivity index (χ3n) is 3.07. The van der Waals surface area contributed by atoms with Crippen molar-refractivity contribution in [2.24, 2.45) is 7.05 Å². The highest BCUT2D eigenvalue weighted by molar-refractivity contribution is 5.84. The first kappa shape index (κ1) is 12.1. The lowest BCUT2D eigenvalue weighted by Crippen LogP contribution is -2.46. The summed E-state index contributed by atoms with van der Waals surface area (Å²) < 4.78 is 7.48. The molecule has 5 heteroatoms. The van der Waals surface area contributed by atoms with E-state index in [2.05, 4.69) is 10.00 Å². The molecule has 0 amide bonds. The van der Waals surface area contributed by atoms with Gasteiger partial charge in [-0.3, -0.25) is 9.48 Å². The molecule has 2 heterocycles. The number of carbonyl (C=O) groups excluding carboxylic acids is 1. The highest BCUT2D eigenvalue weighted by Crippen LogP contribution is 2.24. The standard InChI is InChI=1S/C12H19N3O2/c1-8-5-15(6-9(2)17-8)12-11(7-16)10(3)13-14(12)4/h7-9H,5-6H2,1-4H3/t8-,9+. The molecule has 0 saturated carbocycles. The lowest BCUT2D eigenvalue weighted by atomic mass is 10.2. The molecule has 1 aliphatic rings. The summed E-state index contributed by atoms with van der Waals surface area (Å²) in [4.78, 5) is 13.3. The van der Waals surface area contributed by atoms with E-state index in [9.17, 15) is 4.79 Å². The number of carbonyl (C=O) groups is 1. The van der Waals surface area contributed by atoms with E-state index in [0.717, 1.165) is 30.9 Å². The van der Waals surface area contributed by atoms with Crippen LogP contribution in [0.5, 0.6) is 0 Å². The van der Waals surface area contributed by atoms with Gasteiger partial charge in [0.05, 0.1) is 23.5 Å². The summed E-state index contributed by atoms with van der Waals surface area (Å²) in [6, 6.07) is 0. The second-order valence-corrected chi connectivity index (χ2v) is 4.73. The Morgan fingerprint density at radius 3 is 2.47 bits per heavy atom. The van der Waals surface area contributed by atoms with Crippen LogP contribution in [0.25, 0.3) is 0 Å². The monoisotopic (exact) mass is 237 g/mol. The van der Waals surface area contributed by atoms with Crippen molar-refractivity contribution in [3.8, 4) is 0 Å². The zero-order valence-electron chi connectivity index (χ0n) is 10.8. The molecule has 1 aromatic rings. The van der Waals surface area contributed by atoms with E-state index < -0.39 is 0 Å². The molecule has 0 aliphatic carbocycles. The minimum absolute atomic E-state index is 0.174. The van der Waals surface area contributed by atoms with Crippen LogP contribution in [0, 0.1) is 6.92 Å². The SMILES string of the molecule is Cc1nn(C)c(N2C[C@@H](C)O[C@@H](C)C2)c1C=O. The van der Waals surface area contributed by atoms with E-state index in [1.54, 1.807) is 4.68 Å². The van der Waals surface area contributed by atoms with Crippen molar-refractivity contribution in [2.75, 3.05) is 18.0 Å². The number of aryl methyl sites for hydroxylation is 2. The van der Waals surface area contributed by atoms with Gasteiger partial charge in [-0.2, -0.15) is 5.10 Å². The van der Waals surface area contributed by atoms with E-state index in [-0.39, 0.29) is 12.2 Å². The summed E-state index contributed by atoms with van der Waals surface area (Å²) in [6.07, 6.45) is 1.24. The number of anilines is 1. The molecule has 94 valence electrons. The summed E-state index contributed by atoms with van der Waals surface area (Å²) in [5.74, 6) is 0.902. The maximum Gasteiger partial charge on any atom is 0.155 e. The maximum absolute atomic E-state index is 11.2. The minimum atomic E-state index is 0.174. The van der Waals surface area contributed by atoms with Gasteiger partial charge >= 0.3 is 0 Å². The molecule has 0 aromatic carbocycles. The van der Waals surface area contributed by atoms with Crippen LogP contribution in [0.15, 0.2) is 0 Å². The Kier molecular flexibility index (Phi) is 3.19. The molecule has 1 aromatic heterocycles. The Morgan fingerprint density at radius 2 is 1.94 bits per heavy atom. The topological polar surface area (TPSA) is 47.4 Å². The predicted octanol–water partition coefficient (Wildman–Crippen LogP) is 1.15. The molecule has 0 N–H and O–H groups in total. The number of rotatable bonds is 2. The van der Waals surface area contributed by atoms with Gasteiger partial charge in [-0.1, -0.05) is 0 Å². The van der Waals surface area contributed by atoms with Crippen molar-refractivity contribution in [2.45, 2.75) is 33.0 Å². The molecule has 1 saturated heterocycles. The van der Waals surface area contributed by atoms with Crippen LogP contribution in [0.1, 0.15) is 29.9 Å². The molecule has 0 radical (unpaired) electrons. The van der Waals surface area contributed by atoms with Gasteiger partial charge in [-0.25, -0.2) is 0 Å². The van der Waals surface area contributed by atoms with Crippen LogP contribution < -0.4 is 4.90 Å². The Labute approximate surface area is 101 Å². The van der Waals surface area contributed by atoms with E-state index in [1.165, 1.54) is 0 Å². The average Bonchev–Trinajstić information content (AvgIpc) is 2.51. The molecule has 0 unspecified atom stereocenters. The number of hydrogen-bond donors (Lipinski definition) is 0. The maximum atomic E-state index is 11.2. The van der Waals surface area contributed by atoms with Crippen molar-refractivity contribution in [1.29, 1.82) is 0 Å². The van der Waals surface area contributed by atoms with Gasteiger partial charge in [0.15, 0.2) is 6.29 Å². The lowest BCUT2D eigenvalue weighted by Gasteiger charge is -2.36. The van der Waals surface area contributed by atoms with Crippen LogP contribution in [-0.2, 0) is 11.8 Å². The van der Waals surface area contributed by atoms with Gasteiger partial charge in [0, 0.05) is 20.1 Å². The Hall–Kier alpha value is -1.36. The number of nitrogens with zero attached hydrogens (tertiary/aromatic N) is 3. The van der Waals surface area contributed by atoms with Gasteiger partial charge in [-0.05, 0) is 20.8 Å². The third-order valence-corrected chi connectivity index (χ3v) is 3.07. The molecule has 2 atom stereocenters. The van der Waals surface area contributed by atoms with Crippen LogP contribution in [-0.4, -0.2) is 41.4 Å². The predicted molar refractivity (Wildman–Crippen MR) is 65.6 cm³/mol. The first-order valence-electron chi connectivity index (χ1n) is 5.92. The second-order valence-electron chi connectivity index (χ2n) is 4.73. The number of morpholine rings is 1. The van der Waals surface area contributed by atoms with E-state index in [0.29, 0.717) is 5.56 Å². The zero-order chi connectivity index (χ0) is 12.6. The minimum Gasteiger partial charge on any atom is -0.372 e. The highest BCUT2D eigenvalue weighted by atomic mass is 16.5. The molecular formula is C12H19N3O2. The highest BCUT2D eigenvalue weighted by Gasteiger charge is 2.27. The van der Waals surface area contributed by atoms with E-state index in [4.69, 9.17) is 4.74 Å². The summed E-state index contributed by atoms with van der Waals surface area (Å²) in [7, 11) is 1.88. The van der Waals surface area contributed by atoms with Crippen molar-refractivity contribution in [3.05, 3.63) is 11.3 Å². The average molecular weight is 237 g/mol. The van der Waals surface area contributed by atoms with Crippen LogP contribution in [0.4, 0.5) is 5.82 Å². The molecule has 1 aliphatic heterocycles. The molecule has 1 fully saturated rings. The first-order chi connectivity index (χ1) is 8.02. The van der Waals surface area contributed by atoms with Gasteiger partial charge in [-0.15, -0.1) is 0 Å². The third kappa shape index (κ3) is 2.20. The van der Waals surface area contributed by atoms with Gasteiger partial charge in [0.1, 0.15) is 5.82 Å². The largest absolute Gasteiger partial charge is 0.372 e. The van der Waals surface area contributed by atoms with Crippen molar-refractivity contribution in [3.63, 3.8) is 0 Å². The first-order valence-corrected chi connectivity index (χ1v) is 5.92. The zero-order valence-corrected chi connectivity index (χ0v) is 10.8. The van der Waals surface area contributed by atoms with Gasteiger partial charge < -0.3 is 9.64 Å². The summed E-state index contributed by atoms with van der Waals surface area (Å²) >= 11 is 0. The summed E-state index contributed by atoms with van der Waals surface area (Å²) in [5.41, 5.74) is 1.47. The Bertz CT molecular complexity index is 418. The van der Waals surface area contributed by atoms with Crippen LogP contribution in [0.2, 0.25) is 0 Å². The second kappa shape index (κ2) is 4.49. The van der Waals surface area contributed by atoms with Crippen molar-refractivity contribution < 1.29 is 9.53 Å². The van der Waals surface area contributed by atoms with Crippen LogP contribution >= 0.6 is 0 Å². The molecule has 0 bridgehead atoms. The van der Waals surface area contributed by atoms with E-state index >= 15 is 0 Å². The van der Waals surface area contributed by atoms with E-state index in [1.807, 2.05) is 27.8 Å². The Balaban J connectivity index is 2.36. The van der Waals surface area contributed by atoms with Crippen molar-refractivity contribution in [1.82, 2.24) is 9.78 Å². The quantitative estimate of drug-likeness (QED) is 0.724. The molecule has 0 spiro atoms. The van der Waals surface area contributed by atoms with Crippen molar-refractivity contribution >= 4 is 12.1 Å². The van der Waals surface area contributed by atoms with Gasteiger partial charge in [0.2, 0.25) is 0 Å². The van der Waals surface area contributed by atoms with Crippen LogP contribution in [0.3, 0.4) is 0 Å². The lowest BCUT2D eigenvalue weighted by molar-refractivity contribution is -0.00568. The molecular weight excluding hydrogens is 218 g/mol. The fourth-order valence-electron chi connectivity index (χ4n) is 2.53. The Morgan fingerprint density at radius 1 is 1.35 bits per heavy atom. The molecule has 5 nitrogen and oxygen atoms in total. The number of aldehydes is 1.